The lowest BCUT2D eigenvalue weighted by Gasteiger charge is -2.36. The summed E-state index contributed by atoms with van der Waals surface area (Å²) in [5.74, 6) is -0.414. The highest BCUT2D eigenvalue weighted by Crippen LogP contribution is 2.51. The maximum Gasteiger partial charge on any atom is 0.259 e. The number of hydrogen-bond acceptors (Lipinski definition) is 6. The molecule has 3 aliphatic rings. The van der Waals surface area contributed by atoms with Gasteiger partial charge >= 0.3 is 0 Å². The third-order valence-electron chi connectivity index (χ3n) is 8.60. The largest absolute Gasteiger partial charge is 0.398 e. The van der Waals surface area contributed by atoms with E-state index in [4.69, 9.17) is 17.3 Å². The number of benzene rings is 1. The number of pyridine rings is 1. The lowest BCUT2D eigenvalue weighted by molar-refractivity contribution is 0.0608. The van der Waals surface area contributed by atoms with Crippen molar-refractivity contribution in [3.63, 3.8) is 0 Å². The Hall–Kier alpha value is -3.17. The van der Waals surface area contributed by atoms with E-state index in [0.29, 0.717) is 42.3 Å². The number of carbonyl (C=O) groups is 1. The Kier molecular flexibility index (Phi) is 6.31. The number of aliphatic hydroxyl groups is 1. The van der Waals surface area contributed by atoms with E-state index in [1.807, 2.05) is 13.2 Å². The first kappa shape index (κ1) is 25.1. The Morgan fingerprint density at radius 1 is 1.21 bits per heavy atom. The van der Waals surface area contributed by atoms with Gasteiger partial charge in [0.2, 0.25) is 0 Å². The van der Waals surface area contributed by atoms with Crippen LogP contribution in [-0.4, -0.2) is 49.9 Å². The number of anilines is 2. The molecule has 2 aromatic heterocycles. The molecule has 38 heavy (non-hydrogen) atoms. The van der Waals surface area contributed by atoms with E-state index in [2.05, 4.69) is 15.4 Å². The predicted molar refractivity (Wildman–Crippen MR) is 145 cm³/mol. The van der Waals surface area contributed by atoms with Crippen molar-refractivity contribution in [3.05, 3.63) is 58.3 Å². The minimum atomic E-state index is -0.687. The average Bonchev–Trinajstić information content (AvgIpc) is 3.51. The molecule has 0 unspecified atom stereocenters. The molecule has 1 saturated carbocycles. The van der Waals surface area contributed by atoms with Crippen LogP contribution in [0.3, 0.4) is 0 Å². The predicted octanol–water partition coefficient (Wildman–Crippen LogP) is 4.82. The maximum atomic E-state index is 16.3. The molecule has 2 aliphatic heterocycles. The number of aliphatic hydroxyl groups excluding tert-OH is 1. The summed E-state index contributed by atoms with van der Waals surface area (Å²) in [5.41, 5.74) is 8.39. The first-order chi connectivity index (χ1) is 18.3. The second-order valence-electron chi connectivity index (χ2n) is 10.9. The number of nitrogens with zero attached hydrogens (tertiary/aromatic N) is 4. The van der Waals surface area contributed by atoms with Crippen LogP contribution in [-0.2, 0) is 12.5 Å². The van der Waals surface area contributed by atoms with Gasteiger partial charge in [0, 0.05) is 65.9 Å². The monoisotopic (exact) mass is 538 g/mol. The number of piperidine rings is 1. The lowest BCUT2D eigenvalue weighted by Crippen LogP contribution is -2.39. The Balaban J connectivity index is 1.40. The van der Waals surface area contributed by atoms with Crippen LogP contribution < -0.4 is 11.1 Å². The summed E-state index contributed by atoms with van der Waals surface area (Å²) in [6.07, 6.45) is 10.4. The van der Waals surface area contributed by atoms with Crippen molar-refractivity contribution >= 4 is 29.0 Å². The van der Waals surface area contributed by atoms with Gasteiger partial charge in [-0.2, -0.15) is 5.10 Å². The number of nitrogens with two attached hydrogens (primary N) is 1. The normalized spacial score (nSPS) is 24.9. The number of halogens is 2. The molecule has 200 valence electrons. The van der Waals surface area contributed by atoms with Crippen molar-refractivity contribution in [1.82, 2.24) is 19.7 Å². The summed E-state index contributed by atoms with van der Waals surface area (Å²) in [6.45, 7) is 1.20. The van der Waals surface area contributed by atoms with Gasteiger partial charge < -0.3 is 21.1 Å². The second kappa shape index (κ2) is 9.54. The molecule has 8 nitrogen and oxygen atoms in total. The molecule has 2 fully saturated rings. The quantitative estimate of drug-likeness (QED) is 0.412. The zero-order chi connectivity index (χ0) is 26.6. The molecule has 10 heteroatoms. The van der Waals surface area contributed by atoms with Gasteiger partial charge in [-0.3, -0.25) is 9.48 Å². The SMILES string of the molecule is Cn1cc([C@H]2CCCCN2C(=O)c2c(N)ccc(-c3cnc4c(c3Cl)C3(CCC(O)CC3)CN4)c2F)cn1. The van der Waals surface area contributed by atoms with E-state index in [1.54, 1.807) is 34.1 Å². The fourth-order valence-electron chi connectivity index (χ4n) is 6.51. The smallest absolute Gasteiger partial charge is 0.259 e. The van der Waals surface area contributed by atoms with E-state index < -0.39 is 11.7 Å². The molecule has 1 amide bonds. The van der Waals surface area contributed by atoms with Gasteiger partial charge in [-0.25, -0.2) is 9.37 Å². The zero-order valence-electron chi connectivity index (χ0n) is 21.4. The molecular weight excluding hydrogens is 507 g/mol. The zero-order valence-corrected chi connectivity index (χ0v) is 22.1. The van der Waals surface area contributed by atoms with Crippen LogP contribution in [0.5, 0.6) is 0 Å². The molecule has 1 aromatic carbocycles. The van der Waals surface area contributed by atoms with Gasteiger partial charge in [0.25, 0.3) is 5.91 Å². The van der Waals surface area contributed by atoms with Crippen LogP contribution >= 0.6 is 11.6 Å². The molecule has 4 heterocycles. The number of aromatic nitrogens is 3. The van der Waals surface area contributed by atoms with Crippen molar-refractivity contribution in [2.24, 2.45) is 7.05 Å². The Morgan fingerprint density at radius 3 is 2.74 bits per heavy atom. The van der Waals surface area contributed by atoms with Crippen molar-refractivity contribution in [2.75, 3.05) is 24.1 Å². The highest BCUT2D eigenvalue weighted by atomic mass is 35.5. The molecule has 6 rings (SSSR count). The maximum absolute atomic E-state index is 16.3. The van der Waals surface area contributed by atoms with Crippen LogP contribution in [0.1, 0.15) is 72.5 Å². The molecule has 1 saturated heterocycles. The molecule has 0 radical (unpaired) electrons. The number of aryl methyl sites for hydroxylation is 1. The molecule has 1 atom stereocenters. The van der Waals surface area contributed by atoms with Gasteiger partial charge in [-0.1, -0.05) is 11.6 Å². The van der Waals surface area contributed by atoms with E-state index >= 15 is 4.39 Å². The first-order valence-corrected chi connectivity index (χ1v) is 13.7. The number of nitrogens with one attached hydrogen (secondary N) is 1. The fourth-order valence-corrected chi connectivity index (χ4v) is 6.95. The summed E-state index contributed by atoms with van der Waals surface area (Å²) in [5, 5.41) is 18.1. The second-order valence-corrected chi connectivity index (χ2v) is 11.3. The van der Waals surface area contributed by atoms with Gasteiger partial charge in [0.1, 0.15) is 11.6 Å². The highest BCUT2D eigenvalue weighted by molar-refractivity contribution is 6.34. The summed E-state index contributed by atoms with van der Waals surface area (Å²) < 4.78 is 18.0. The Labute approximate surface area is 226 Å². The van der Waals surface area contributed by atoms with Gasteiger partial charge in [-0.05, 0) is 57.1 Å². The summed E-state index contributed by atoms with van der Waals surface area (Å²) in [7, 11) is 1.84. The number of fused-ring (bicyclic) bond motifs is 2. The molecule has 0 bridgehead atoms. The van der Waals surface area contributed by atoms with E-state index in [9.17, 15) is 9.90 Å². The van der Waals surface area contributed by atoms with Crippen LogP contribution in [0.4, 0.5) is 15.9 Å². The topological polar surface area (TPSA) is 109 Å². The molecule has 4 N–H and O–H groups in total. The molecular formula is C28H32ClFN6O2. The summed E-state index contributed by atoms with van der Waals surface area (Å²) in [4.78, 5) is 20.2. The average molecular weight is 539 g/mol. The van der Waals surface area contributed by atoms with Crippen LogP contribution in [0.25, 0.3) is 11.1 Å². The van der Waals surface area contributed by atoms with Crippen molar-refractivity contribution in [1.29, 1.82) is 0 Å². The molecule has 1 aliphatic carbocycles. The lowest BCUT2D eigenvalue weighted by atomic mass is 9.70. The number of amides is 1. The standard InChI is InChI=1S/C28H32ClFN6O2/c1-35-14-16(12-34-35)21-4-2-3-11-36(21)27(38)22-20(31)6-5-18(25(22)30)19-13-32-26-23(24(19)29)28(15-33-26)9-7-17(37)8-10-28/h5-6,12-14,17,21,37H,2-4,7-11,15,31H2,1H3,(H,32,33)/t17?,21-,28?/m1/s1. The molecule has 1 spiro atoms. The van der Waals surface area contributed by atoms with Crippen molar-refractivity contribution in [2.45, 2.75) is 62.5 Å². The number of likely N-dealkylation sites (tertiary alicyclic amines) is 1. The van der Waals surface area contributed by atoms with Crippen LogP contribution in [0, 0.1) is 5.82 Å². The highest BCUT2D eigenvalue weighted by Gasteiger charge is 2.44. The van der Waals surface area contributed by atoms with Gasteiger partial charge in [-0.15, -0.1) is 0 Å². The minimum Gasteiger partial charge on any atom is -0.398 e. The number of rotatable bonds is 3. The number of nitrogen functional groups attached to an aromatic ring is 1. The van der Waals surface area contributed by atoms with E-state index in [-0.39, 0.29) is 34.4 Å². The summed E-state index contributed by atoms with van der Waals surface area (Å²) in [6, 6.07) is 2.96. The van der Waals surface area contributed by atoms with Crippen LogP contribution in [0.2, 0.25) is 5.02 Å². The minimum absolute atomic E-state index is 0.0939. The Morgan fingerprint density at radius 2 is 2.00 bits per heavy atom. The third-order valence-corrected chi connectivity index (χ3v) is 9.00. The van der Waals surface area contributed by atoms with E-state index in [1.165, 1.54) is 0 Å². The van der Waals surface area contributed by atoms with Gasteiger partial charge in [0.15, 0.2) is 0 Å². The fraction of sp³-hybridized carbons (Fsp3) is 0.464. The summed E-state index contributed by atoms with van der Waals surface area (Å²) >= 11 is 7.00. The number of hydrogen-bond donors (Lipinski definition) is 3. The van der Waals surface area contributed by atoms with Gasteiger partial charge in [0.05, 0.1) is 28.9 Å². The number of carbonyl (C=O) groups excluding carboxylic acids is 1. The molecule has 3 aromatic rings. The van der Waals surface area contributed by atoms with Crippen molar-refractivity contribution < 1.29 is 14.3 Å². The van der Waals surface area contributed by atoms with E-state index in [0.717, 1.165) is 43.2 Å². The first-order valence-electron chi connectivity index (χ1n) is 13.3. The van der Waals surface area contributed by atoms with Crippen molar-refractivity contribution in [3.8, 4) is 11.1 Å². The Bertz CT molecular complexity index is 1400. The third kappa shape index (κ3) is 4.03. The van der Waals surface area contributed by atoms with Crippen LogP contribution in [0.15, 0.2) is 30.7 Å².